The molecule has 3 aliphatic rings. The summed E-state index contributed by atoms with van der Waals surface area (Å²) in [5, 5.41) is 3.51. The smallest absolute Gasteiger partial charge is 0.252 e. The van der Waals surface area contributed by atoms with Crippen LogP contribution in [0.5, 0.6) is 0 Å². The molecule has 2 aromatic rings. The Hall–Kier alpha value is -2.32. The first-order valence-corrected chi connectivity index (χ1v) is 11.3. The number of morpholine rings is 1. The average molecular weight is 441 g/mol. The van der Waals surface area contributed by atoms with Crippen LogP contribution in [0.2, 0.25) is 0 Å². The van der Waals surface area contributed by atoms with Crippen LogP contribution >= 0.6 is 0 Å². The molecule has 3 heterocycles. The molecule has 6 nitrogen and oxygen atoms in total. The summed E-state index contributed by atoms with van der Waals surface area (Å²) in [7, 11) is 1.66. The van der Waals surface area contributed by atoms with Crippen molar-refractivity contribution in [1.82, 2.24) is 10.2 Å². The van der Waals surface area contributed by atoms with Gasteiger partial charge in [0, 0.05) is 32.7 Å². The fourth-order valence-electron chi connectivity index (χ4n) is 5.15. The van der Waals surface area contributed by atoms with Crippen molar-refractivity contribution in [3.63, 3.8) is 0 Å². The molecule has 0 unspecified atom stereocenters. The van der Waals surface area contributed by atoms with Crippen LogP contribution in [0.3, 0.4) is 0 Å². The molecule has 5 rings (SSSR count). The molecule has 5 atom stereocenters. The highest BCUT2D eigenvalue weighted by molar-refractivity contribution is 5.82. The number of nitrogens with zero attached hydrogens (tertiary/aromatic N) is 1. The molecule has 0 radical (unpaired) electrons. The lowest BCUT2D eigenvalue weighted by atomic mass is 9.87. The predicted octanol–water partition coefficient (Wildman–Crippen LogP) is 2.46. The first-order valence-electron chi connectivity index (χ1n) is 11.3. The third-order valence-corrected chi connectivity index (χ3v) is 6.73. The number of benzene rings is 2. The van der Waals surface area contributed by atoms with E-state index in [0.29, 0.717) is 32.7 Å². The largest absolute Gasteiger partial charge is 0.382 e. The molecule has 170 valence electrons. The van der Waals surface area contributed by atoms with E-state index in [2.05, 4.69) is 17.4 Å². The maximum Gasteiger partial charge on any atom is 0.252 e. The Kier molecular flexibility index (Phi) is 6.24. The molecule has 3 aliphatic heterocycles. The number of nitrogens with one attached hydrogen (secondary N) is 1. The standard InChI is InChI=1S/C25H29FN2O4/c1-30-14-19-13-27-21-12-22(31-15-23(21)32-19)25(29)28-11-10-16-4-2-3-5-20(16)24(28)17-6-8-18(26)9-7-17/h2-9,19,21-24,27H,10-15H2,1H3/t19-,21-,22+,23-,24-/m0/s1. The molecule has 0 spiro atoms. The Morgan fingerprint density at radius 2 is 2.03 bits per heavy atom. The van der Waals surface area contributed by atoms with E-state index in [4.69, 9.17) is 14.2 Å². The van der Waals surface area contributed by atoms with Crippen LogP contribution in [0.25, 0.3) is 0 Å². The maximum absolute atomic E-state index is 13.7. The quantitative estimate of drug-likeness (QED) is 0.792. The minimum atomic E-state index is -0.528. The number of hydrogen-bond donors (Lipinski definition) is 1. The number of halogens is 1. The summed E-state index contributed by atoms with van der Waals surface area (Å²) < 4.78 is 30.9. The number of carbonyl (C=O) groups excluding carboxylic acids is 1. The Labute approximate surface area is 187 Å². The highest BCUT2D eigenvalue weighted by Gasteiger charge is 2.42. The van der Waals surface area contributed by atoms with Gasteiger partial charge in [0.05, 0.1) is 31.5 Å². The summed E-state index contributed by atoms with van der Waals surface area (Å²) in [6.07, 6.45) is 0.747. The number of amides is 1. The fraction of sp³-hybridized carbons (Fsp3) is 0.480. The van der Waals surface area contributed by atoms with E-state index in [9.17, 15) is 9.18 Å². The highest BCUT2D eigenvalue weighted by Crippen LogP contribution is 2.36. The predicted molar refractivity (Wildman–Crippen MR) is 117 cm³/mol. The molecule has 32 heavy (non-hydrogen) atoms. The van der Waals surface area contributed by atoms with Crippen molar-refractivity contribution >= 4 is 5.91 Å². The lowest BCUT2D eigenvalue weighted by Crippen LogP contribution is -2.61. The molecule has 0 bridgehead atoms. The van der Waals surface area contributed by atoms with Gasteiger partial charge in [-0.2, -0.15) is 0 Å². The van der Waals surface area contributed by atoms with Crippen molar-refractivity contribution < 1.29 is 23.4 Å². The molecule has 2 aromatic carbocycles. The number of ether oxygens (including phenoxy) is 3. The van der Waals surface area contributed by atoms with Crippen LogP contribution in [0.4, 0.5) is 4.39 Å². The Morgan fingerprint density at radius 1 is 1.22 bits per heavy atom. The summed E-state index contributed by atoms with van der Waals surface area (Å²) in [6, 6.07) is 14.5. The highest BCUT2D eigenvalue weighted by atomic mass is 19.1. The van der Waals surface area contributed by atoms with E-state index in [-0.39, 0.29) is 36.0 Å². The van der Waals surface area contributed by atoms with Crippen LogP contribution in [0.1, 0.15) is 29.2 Å². The van der Waals surface area contributed by atoms with Gasteiger partial charge >= 0.3 is 0 Å². The fourth-order valence-corrected chi connectivity index (χ4v) is 5.15. The van der Waals surface area contributed by atoms with Crippen molar-refractivity contribution in [3.8, 4) is 0 Å². The second-order valence-corrected chi connectivity index (χ2v) is 8.76. The molecule has 0 aliphatic carbocycles. The van der Waals surface area contributed by atoms with E-state index >= 15 is 0 Å². The normalized spacial score (nSPS) is 29.8. The molecular weight excluding hydrogens is 411 g/mol. The molecule has 7 heteroatoms. The van der Waals surface area contributed by atoms with Crippen LogP contribution in [-0.4, -0.2) is 68.6 Å². The molecule has 0 aromatic heterocycles. The van der Waals surface area contributed by atoms with Gasteiger partial charge in [-0.05, 0) is 35.2 Å². The van der Waals surface area contributed by atoms with Crippen molar-refractivity contribution in [2.24, 2.45) is 0 Å². The van der Waals surface area contributed by atoms with Gasteiger partial charge in [0.2, 0.25) is 0 Å². The third-order valence-electron chi connectivity index (χ3n) is 6.73. The van der Waals surface area contributed by atoms with Crippen LogP contribution in [-0.2, 0) is 25.4 Å². The van der Waals surface area contributed by atoms with E-state index in [0.717, 1.165) is 17.5 Å². The zero-order valence-electron chi connectivity index (χ0n) is 18.2. The van der Waals surface area contributed by atoms with Gasteiger partial charge in [-0.1, -0.05) is 36.4 Å². The Balaban J connectivity index is 1.36. The molecular formula is C25H29FN2O4. The maximum atomic E-state index is 13.7. The van der Waals surface area contributed by atoms with E-state index in [1.165, 1.54) is 17.7 Å². The topological polar surface area (TPSA) is 60.0 Å². The zero-order valence-corrected chi connectivity index (χ0v) is 18.2. The average Bonchev–Trinajstić information content (AvgIpc) is 2.83. The summed E-state index contributed by atoms with van der Waals surface area (Å²) in [6.45, 7) is 2.21. The van der Waals surface area contributed by atoms with Crippen LogP contribution < -0.4 is 5.32 Å². The van der Waals surface area contributed by atoms with Gasteiger partial charge < -0.3 is 24.4 Å². The van der Waals surface area contributed by atoms with Gasteiger partial charge in [0.1, 0.15) is 11.9 Å². The second-order valence-electron chi connectivity index (χ2n) is 8.76. The first-order chi connectivity index (χ1) is 15.6. The molecule has 2 saturated heterocycles. The van der Waals surface area contributed by atoms with Crippen LogP contribution in [0, 0.1) is 5.82 Å². The molecule has 1 N–H and O–H groups in total. The van der Waals surface area contributed by atoms with Gasteiger partial charge in [-0.25, -0.2) is 4.39 Å². The number of hydrogen-bond acceptors (Lipinski definition) is 5. The number of methoxy groups -OCH3 is 1. The number of rotatable bonds is 4. The summed E-state index contributed by atoms with van der Waals surface area (Å²) in [5.74, 6) is -0.305. The lowest BCUT2D eigenvalue weighted by molar-refractivity contribution is -0.175. The van der Waals surface area contributed by atoms with E-state index < -0.39 is 6.10 Å². The lowest BCUT2D eigenvalue weighted by Gasteiger charge is -2.44. The summed E-state index contributed by atoms with van der Waals surface area (Å²) in [4.78, 5) is 15.6. The molecule has 2 fully saturated rings. The second kappa shape index (κ2) is 9.27. The summed E-state index contributed by atoms with van der Waals surface area (Å²) >= 11 is 0. The number of carbonyl (C=O) groups is 1. The van der Waals surface area contributed by atoms with E-state index in [1.54, 1.807) is 19.2 Å². The van der Waals surface area contributed by atoms with Crippen molar-refractivity contribution in [2.45, 2.75) is 43.2 Å². The summed E-state index contributed by atoms with van der Waals surface area (Å²) in [5.41, 5.74) is 3.22. The SMILES string of the molecule is COC[C@@H]1CN[C@H]2C[C@H](C(=O)N3CCc4ccccc4[C@@H]3c3ccc(F)cc3)OC[C@@H]2O1. The molecule has 0 saturated carbocycles. The Morgan fingerprint density at radius 3 is 2.84 bits per heavy atom. The first kappa shape index (κ1) is 21.5. The molecule has 1 amide bonds. The monoisotopic (exact) mass is 440 g/mol. The third kappa shape index (κ3) is 4.18. The minimum absolute atomic E-state index is 0.00134. The zero-order chi connectivity index (χ0) is 22.1. The van der Waals surface area contributed by atoms with Crippen molar-refractivity contribution in [1.29, 1.82) is 0 Å². The van der Waals surface area contributed by atoms with Gasteiger partial charge in [-0.15, -0.1) is 0 Å². The Bertz CT molecular complexity index is 953. The van der Waals surface area contributed by atoms with Crippen molar-refractivity contribution in [2.75, 3.05) is 33.4 Å². The van der Waals surface area contributed by atoms with Gasteiger partial charge in [0.15, 0.2) is 0 Å². The number of fused-ring (bicyclic) bond motifs is 2. The van der Waals surface area contributed by atoms with Crippen molar-refractivity contribution in [3.05, 3.63) is 71.0 Å². The van der Waals surface area contributed by atoms with Gasteiger partial charge in [-0.3, -0.25) is 4.79 Å². The minimum Gasteiger partial charge on any atom is -0.382 e. The van der Waals surface area contributed by atoms with E-state index in [1.807, 2.05) is 17.0 Å². The van der Waals surface area contributed by atoms with Crippen LogP contribution in [0.15, 0.2) is 48.5 Å². The van der Waals surface area contributed by atoms with Gasteiger partial charge in [0.25, 0.3) is 5.91 Å².